The monoisotopic (exact) mass is 829 g/mol. The van der Waals surface area contributed by atoms with E-state index in [0.717, 1.165) is 41.3 Å². The fourth-order valence-corrected chi connectivity index (χ4v) is 11.1. The number of hydrogen-bond acceptors (Lipinski definition) is 10. The molecule has 7 rings (SSSR count). The van der Waals surface area contributed by atoms with E-state index in [0.29, 0.717) is 42.1 Å². The fourth-order valence-electron chi connectivity index (χ4n) is 8.16. The Morgan fingerprint density at radius 3 is 2.48 bits per heavy atom. The SMILES string of the molecule is COC1(c2cccnc2)CN(C(=O)[C@@H]2CC[C@@H]3CCCC[C@H](NC(=O)c4cc5cc(CP(=O)(N[C@@H](C)C(=O)OCC(C)C)Oc6ccccc6)ccc5s4)C(=O)N32)C1. The van der Waals surface area contributed by atoms with E-state index in [4.69, 9.17) is 14.0 Å². The highest BCUT2D eigenvalue weighted by atomic mass is 32.1. The second kappa shape index (κ2) is 17.7. The number of thiophene rings is 1. The quantitative estimate of drug-likeness (QED) is 0.104. The summed E-state index contributed by atoms with van der Waals surface area (Å²) in [7, 11) is -2.06. The fraction of sp³-hybridized carbons (Fsp3) is 0.465. The molecule has 13 nitrogen and oxygen atoms in total. The molecule has 308 valence electrons. The third kappa shape index (κ3) is 9.15. The first-order valence-corrected chi connectivity index (χ1v) is 22.7. The number of likely N-dealkylation sites (tertiary alicyclic amines) is 1. The van der Waals surface area contributed by atoms with Crippen molar-refractivity contribution in [2.45, 2.75) is 95.2 Å². The standard InChI is InChI=1S/C43H52N5O8PS/c1-28(2)24-55-42(52)29(3)46-57(53,56-34-13-6-5-7-14-34)25-30-16-19-37-31(21-30)22-38(58-37)39(49)45-35-15-9-8-12-33-17-18-36(48(33)40(35)50)41(51)47-26-43(27-47,54-4)32-11-10-20-44-23-32/h5-7,10-11,13-14,16,19-23,28-29,33,35-36H,8-9,12,15,17-18,24-27H2,1-4H3,(H,45,49)(H,46,53)/t29-,33-,35-,36-,57?/m0/s1. The number of benzene rings is 2. The van der Waals surface area contributed by atoms with Crippen molar-refractivity contribution in [1.29, 1.82) is 0 Å². The number of esters is 1. The summed E-state index contributed by atoms with van der Waals surface area (Å²) in [5.74, 6) is -0.646. The molecule has 0 radical (unpaired) electrons. The van der Waals surface area contributed by atoms with E-state index in [9.17, 15) is 23.7 Å². The maximum absolute atomic E-state index is 14.4. The Kier molecular flexibility index (Phi) is 12.7. The molecule has 3 saturated heterocycles. The highest BCUT2D eigenvalue weighted by Crippen LogP contribution is 2.48. The van der Waals surface area contributed by atoms with Crippen LogP contribution in [0, 0.1) is 5.92 Å². The normalized spacial score (nSPS) is 21.9. The predicted octanol–water partition coefficient (Wildman–Crippen LogP) is 6.66. The topological polar surface area (TPSA) is 156 Å². The van der Waals surface area contributed by atoms with E-state index in [2.05, 4.69) is 15.4 Å². The summed E-state index contributed by atoms with van der Waals surface area (Å²) in [6, 6.07) is 17.6. The number of nitrogens with one attached hydrogen (secondary N) is 2. The molecule has 2 N–H and O–H groups in total. The van der Waals surface area contributed by atoms with Gasteiger partial charge in [0.2, 0.25) is 11.8 Å². The van der Waals surface area contributed by atoms with Gasteiger partial charge in [0, 0.05) is 35.8 Å². The molecule has 3 aliphatic heterocycles. The van der Waals surface area contributed by atoms with Crippen molar-refractivity contribution in [3.8, 4) is 5.75 Å². The van der Waals surface area contributed by atoms with Crippen LogP contribution in [-0.2, 0) is 40.2 Å². The first-order valence-electron chi connectivity index (χ1n) is 20.0. The van der Waals surface area contributed by atoms with Crippen LogP contribution in [-0.4, -0.2) is 89.4 Å². The zero-order valence-corrected chi connectivity index (χ0v) is 35.1. The molecule has 0 saturated carbocycles. The number of amides is 3. The number of para-hydroxylation sites is 1. The minimum atomic E-state index is -3.70. The highest BCUT2D eigenvalue weighted by molar-refractivity contribution is 7.56. The lowest BCUT2D eigenvalue weighted by Gasteiger charge is -2.50. The number of ether oxygens (including phenoxy) is 2. The third-order valence-corrected chi connectivity index (χ3v) is 14.4. The first kappa shape index (κ1) is 41.5. The van der Waals surface area contributed by atoms with Crippen molar-refractivity contribution in [2.75, 3.05) is 26.8 Å². The molecular formula is C43H52N5O8PS. The van der Waals surface area contributed by atoms with E-state index in [1.54, 1.807) is 66.6 Å². The number of carbonyl (C=O) groups is 4. The maximum Gasteiger partial charge on any atom is 0.323 e. The van der Waals surface area contributed by atoms with Crippen LogP contribution < -0.4 is 14.9 Å². The van der Waals surface area contributed by atoms with Crippen molar-refractivity contribution >= 4 is 52.6 Å². The van der Waals surface area contributed by atoms with Crippen LogP contribution in [0.15, 0.2) is 79.1 Å². The van der Waals surface area contributed by atoms with Crippen LogP contribution in [0.4, 0.5) is 0 Å². The van der Waals surface area contributed by atoms with Crippen molar-refractivity contribution in [2.24, 2.45) is 5.92 Å². The molecule has 2 aromatic carbocycles. The lowest BCUT2D eigenvalue weighted by atomic mass is 9.86. The molecule has 58 heavy (non-hydrogen) atoms. The summed E-state index contributed by atoms with van der Waals surface area (Å²) < 4.78 is 32.5. The van der Waals surface area contributed by atoms with Gasteiger partial charge in [-0.15, -0.1) is 11.3 Å². The van der Waals surface area contributed by atoms with Crippen molar-refractivity contribution in [3.63, 3.8) is 0 Å². The lowest BCUT2D eigenvalue weighted by molar-refractivity contribution is -0.171. The molecule has 3 aliphatic rings. The van der Waals surface area contributed by atoms with E-state index in [-0.39, 0.29) is 42.5 Å². The Balaban J connectivity index is 1.04. The largest absolute Gasteiger partial charge is 0.464 e. The van der Waals surface area contributed by atoms with E-state index >= 15 is 0 Å². The van der Waals surface area contributed by atoms with Gasteiger partial charge in [0.05, 0.1) is 30.7 Å². The molecule has 5 heterocycles. The third-order valence-electron chi connectivity index (χ3n) is 11.2. The number of carbonyl (C=O) groups excluding carboxylic acids is 4. The number of fused-ring (bicyclic) bond motifs is 2. The van der Waals surface area contributed by atoms with E-state index in [1.807, 2.05) is 50.2 Å². The van der Waals surface area contributed by atoms with Crippen molar-refractivity contribution in [3.05, 3.63) is 95.1 Å². The Hall–Kier alpha value is -4.62. The summed E-state index contributed by atoms with van der Waals surface area (Å²) in [5, 5.41) is 6.72. The summed E-state index contributed by atoms with van der Waals surface area (Å²) >= 11 is 1.30. The van der Waals surface area contributed by atoms with Gasteiger partial charge in [-0.3, -0.25) is 28.7 Å². The van der Waals surface area contributed by atoms with E-state index in [1.165, 1.54) is 11.3 Å². The van der Waals surface area contributed by atoms with Gasteiger partial charge in [0.25, 0.3) is 5.91 Å². The zero-order valence-electron chi connectivity index (χ0n) is 33.4. The first-order chi connectivity index (χ1) is 27.9. The number of nitrogens with zero attached hydrogens (tertiary/aromatic N) is 3. The van der Waals surface area contributed by atoms with Gasteiger partial charge in [0.15, 0.2) is 0 Å². The van der Waals surface area contributed by atoms with Crippen LogP contribution in [0.5, 0.6) is 5.75 Å². The molecule has 3 fully saturated rings. The van der Waals surface area contributed by atoms with Gasteiger partial charge in [-0.1, -0.05) is 57.0 Å². The summed E-state index contributed by atoms with van der Waals surface area (Å²) in [6.45, 7) is 6.49. The lowest BCUT2D eigenvalue weighted by Crippen LogP contribution is -2.66. The van der Waals surface area contributed by atoms with Crippen LogP contribution in [0.2, 0.25) is 0 Å². The maximum atomic E-state index is 14.4. The van der Waals surface area contributed by atoms with Crippen LogP contribution in [0.3, 0.4) is 0 Å². The molecular weight excluding hydrogens is 778 g/mol. The molecule has 0 spiro atoms. The zero-order chi connectivity index (χ0) is 41.0. The van der Waals surface area contributed by atoms with Gasteiger partial charge in [-0.2, -0.15) is 0 Å². The van der Waals surface area contributed by atoms with E-state index < -0.39 is 37.2 Å². The van der Waals surface area contributed by atoms with Crippen LogP contribution >= 0.6 is 18.9 Å². The van der Waals surface area contributed by atoms with Gasteiger partial charge in [-0.25, -0.2) is 5.09 Å². The molecule has 15 heteroatoms. The molecule has 2 aromatic heterocycles. The van der Waals surface area contributed by atoms with Gasteiger partial charge in [0.1, 0.15) is 29.5 Å². The molecule has 3 amide bonds. The average Bonchev–Trinajstić information content (AvgIpc) is 3.82. The number of methoxy groups -OCH3 is 1. The number of pyridine rings is 1. The number of hydrogen-bond donors (Lipinski definition) is 2. The Labute approximate surface area is 343 Å². The Morgan fingerprint density at radius 2 is 1.76 bits per heavy atom. The molecule has 5 atom stereocenters. The van der Waals surface area contributed by atoms with Crippen molar-refractivity contribution < 1.29 is 37.7 Å². The summed E-state index contributed by atoms with van der Waals surface area (Å²) in [6.07, 6.45) is 7.75. The second-order valence-electron chi connectivity index (χ2n) is 16.0. The molecule has 0 bridgehead atoms. The smallest absolute Gasteiger partial charge is 0.323 e. The van der Waals surface area contributed by atoms with Crippen LogP contribution in [0.25, 0.3) is 10.1 Å². The Bertz CT molecular complexity index is 2160. The molecule has 4 aromatic rings. The average molecular weight is 830 g/mol. The van der Waals surface area contributed by atoms with Gasteiger partial charge < -0.3 is 29.1 Å². The molecule has 0 aliphatic carbocycles. The van der Waals surface area contributed by atoms with Gasteiger partial charge >= 0.3 is 13.5 Å². The van der Waals surface area contributed by atoms with Gasteiger partial charge in [-0.05, 0) is 85.9 Å². The van der Waals surface area contributed by atoms with Crippen LogP contribution in [0.1, 0.15) is 80.1 Å². The number of aromatic nitrogens is 1. The highest BCUT2D eigenvalue weighted by Gasteiger charge is 2.52. The summed E-state index contributed by atoms with van der Waals surface area (Å²) in [5.41, 5.74) is 0.966. The molecule has 1 unspecified atom stereocenters. The minimum Gasteiger partial charge on any atom is -0.464 e. The number of rotatable bonds is 14. The Morgan fingerprint density at radius 1 is 0.983 bits per heavy atom. The van der Waals surface area contributed by atoms with Crippen molar-refractivity contribution in [1.82, 2.24) is 25.2 Å². The predicted molar refractivity (Wildman–Crippen MR) is 221 cm³/mol. The minimum absolute atomic E-state index is 0.0299. The second-order valence-corrected chi connectivity index (χ2v) is 19.2. The summed E-state index contributed by atoms with van der Waals surface area (Å²) in [4.78, 5) is 63.1.